The Kier molecular flexibility index (Phi) is 4.34. The van der Waals surface area contributed by atoms with Crippen LogP contribution in [0.25, 0.3) is 10.9 Å². The summed E-state index contributed by atoms with van der Waals surface area (Å²) >= 11 is 0. The summed E-state index contributed by atoms with van der Waals surface area (Å²) in [6.45, 7) is 2.13. The van der Waals surface area contributed by atoms with Crippen molar-refractivity contribution >= 4 is 22.8 Å². The summed E-state index contributed by atoms with van der Waals surface area (Å²) in [6.07, 6.45) is 2.42. The van der Waals surface area contributed by atoms with Gasteiger partial charge in [-0.2, -0.15) is 5.10 Å². The molecule has 0 unspecified atom stereocenters. The van der Waals surface area contributed by atoms with Crippen molar-refractivity contribution in [2.75, 3.05) is 13.1 Å². The molecule has 1 N–H and O–H groups in total. The first kappa shape index (κ1) is 14.0. The van der Waals surface area contributed by atoms with Crippen LogP contribution in [0.2, 0.25) is 0 Å². The molecule has 0 atom stereocenters. The molecule has 0 aliphatic heterocycles. The maximum atomic E-state index is 12.2. The molecule has 1 amide bonds. The van der Waals surface area contributed by atoms with Crippen molar-refractivity contribution < 1.29 is 14.7 Å². The van der Waals surface area contributed by atoms with E-state index >= 15 is 0 Å². The molecule has 0 fully saturated rings. The fraction of sp³-hybridized carbons (Fsp3) is 0.357. The predicted octanol–water partition coefficient (Wildman–Crippen LogP) is 1.36. The highest BCUT2D eigenvalue weighted by Crippen LogP contribution is 2.12. The Morgan fingerprint density at radius 3 is 2.80 bits per heavy atom. The molecule has 106 valence electrons. The number of hydrogen-bond donors (Lipinski definition) is 1. The number of fused-ring (bicyclic) bond motifs is 1. The fourth-order valence-corrected chi connectivity index (χ4v) is 2.11. The molecule has 1 aromatic heterocycles. The van der Waals surface area contributed by atoms with E-state index in [9.17, 15) is 9.59 Å². The minimum Gasteiger partial charge on any atom is -0.480 e. The average Bonchev–Trinajstić information content (AvgIpc) is 2.81. The highest BCUT2D eigenvalue weighted by Gasteiger charge is 2.17. The Hall–Kier alpha value is -2.37. The average molecular weight is 275 g/mol. The molecule has 2 aromatic rings. The maximum Gasteiger partial charge on any atom is 0.323 e. The summed E-state index contributed by atoms with van der Waals surface area (Å²) in [6, 6.07) is 7.59. The number of rotatable bonds is 6. The Labute approximate surface area is 116 Å². The van der Waals surface area contributed by atoms with E-state index in [0.717, 1.165) is 17.3 Å². The first-order valence-corrected chi connectivity index (χ1v) is 6.52. The van der Waals surface area contributed by atoms with Gasteiger partial charge in [0.25, 0.3) is 0 Å². The lowest BCUT2D eigenvalue weighted by molar-refractivity contribution is -0.144. The van der Waals surface area contributed by atoms with E-state index in [4.69, 9.17) is 5.11 Å². The molecule has 0 aliphatic carbocycles. The molecule has 1 heterocycles. The number of amides is 1. The quantitative estimate of drug-likeness (QED) is 0.863. The Morgan fingerprint density at radius 2 is 2.10 bits per heavy atom. The van der Waals surface area contributed by atoms with Gasteiger partial charge in [-0.05, 0) is 12.5 Å². The molecular weight excluding hydrogens is 258 g/mol. The van der Waals surface area contributed by atoms with Crippen molar-refractivity contribution in [2.45, 2.75) is 19.9 Å². The Morgan fingerprint density at radius 1 is 1.35 bits per heavy atom. The number of benzene rings is 1. The molecule has 1 aromatic carbocycles. The van der Waals surface area contributed by atoms with Crippen molar-refractivity contribution in [1.82, 2.24) is 14.7 Å². The minimum atomic E-state index is -1.00. The van der Waals surface area contributed by atoms with Gasteiger partial charge in [-0.3, -0.25) is 14.3 Å². The first-order chi connectivity index (χ1) is 9.61. The molecule has 6 heteroatoms. The van der Waals surface area contributed by atoms with Crippen LogP contribution < -0.4 is 0 Å². The van der Waals surface area contributed by atoms with Gasteiger partial charge >= 0.3 is 5.97 Å². The number of carboxylic acids is 1. The normalized spacial score (nSPS) is 10.7. The van der Waals surface area contributed by atoms with Gasteiger partial charge in [-0.25, -0.2) is 0 Å². The van der Waals surface area contributed by atoms with Crippen LogP contribution in [0, 0.1) is 0 Å². The van der Waals surface area contributed by atoms with Gasteiger partial charge < -0.3 is 10.0 Å². The predicted molar refractivity (Wildman–Crippen MR) is 74.2 cm³/mol. The third kappa shape index (κ3) is 3.14. The van der Waals surface area contributed by atoms with Gasteiger partial charge in [-0.15, -0.1) is 0 Å². The number of aromatic nitrogens is 2. The number of nitrogens with zero attached hydrogens (tertiary/aromatic N) is 3. The summed E-state index contributed by atoms with van der Waals surface area (Å²) in [5.41, 5.74) is 0.868. The van der Waals surface area contributed by atoms with Crippen LogP contribution in [0.5, 0.6) is 0 Å². The van der Waals surface area contributed by atoms with E-state index in [-0.39, 0.29) is 19.0 Å². The Bertz CT molecular complexity index is 621. The van der Waals surface area contributed by atoms with Crippen molar-refractivity contribution in [1.29, 1.82) is 0 Å². The fourth-order valence-electron chi connectivity index (χ4n) is 2.11. The smallest absolute Gasteiger partial charge is 0.323 e. The molecular formula is C14H17N3O3. The van der Waals surface area contributed by atoms with Crippen molar-refractivity contribution in [3.8, 4) is 0 Å². The lowest BCUT2D eigenvalue weighted by Gasteiger charge is -2.20. The van der Waals surface area contributed by atoms with E-state index in [1.165, 1.54) is 4.90 Å². The lowest BCUT2D eigenvalue weighted by Crippen LogP contribution is -2.38. The summed E-state index contributed by atoms with van der Waals surface area (Å²) in [5.74, 6) is -1.24. The van der Waals surface area contributed by atoms with Crippen LogP contribution in [-0.4, -0.2) is 44.8 Å². The summed E-state index contributed by atoms with van der Waals surface area (Å²) in [7, 11) is 0. The van der Waals surface area contributed by atoms with Gasteiger partial charge in [0.05, 0.1) is 11.7 Å². The first-order valence-electron chi connectivity index (χ1n) is 6.52. The second-order valence-electron chi connectivity index (χ2n) is 4.57. The van der Waals surface area contributed by atoms with Crippen LogP contribution in [0.1, 0.15) is 13.3 Å². The van der Waals surface area contributed by atoms with Crippen molar-refractivity contribution in [3.05, 3.63) is 30.5 Å². The largest absolute Gasteiger partial charge is 0.480 e. The number of carbonyl (C=O) groups excluding carboxylic acids is 1. The topological polar surface area (TPSA) is 75.4 Å². The third-order valence-corrected chi connectivity index (χ3v) is 3.01. The number of carbonyl (C=O) groups is 2. The SMILES string of the molecule is CCCN(CC(=O)O)C(=O)Cn1ncc2ccccc21. The summed E-state index contributed by atoms with van der Waals surface area (Å²) in [4.78, 5) is 24.3. The molecule has 0 aliphatic rings. The van der Waals surface area contributed by atoms with Gasteiger partial charge in [-0.1, -0.05) is 25.1 Å². The number of aliphatic carboxylic acids is 1. The number of hydrogen-bond acceptors (Lipinski definition) is 3. The zero-order valence-corrected chi connectivity index (χ0v) is 11.3. The zero-order valence-electron chi connectivity index (χ0n) is 11.3. The molecule has 6 nitrogen and oxygen atoms in total. The molecule has 0 bridgehead atoms. The molecule has 0 saturated heterocycles. The lowest BCUT2D eigenvalue weighted by atomic mass is 10.2. The monoisotopic (exact) mass is 275 g/mol. The molecule has 0 saturated carbocycles. The maximum absolute atomic E-state index is 12.2. The van der Waals surface area contributed by atoms with Crippen LogP contribution in [0.15, 0.2) is 30.5 Å². The Balaban J connectivity index is 2.14. The number of carboxylic acid groups (broad SMARTS) is 1. The van der Waals surface area contributed by atoms with Gasteiger partial charge in [0, 0.05) is 11.9 Å². The van der Waals surface area contributed by atoms with E-state index in [2.05, 4.69) is 5.10 Å². The molecule has 2 rings (SSSR count). The van der Waals surface area contributed by atoms with Crippen LogP contribution in [-0.2, 0) is 16.1 Å². The van der Waals surface area contributed by atoms with Crippen LogP contribution >= 0.6 is 0 Å². The molecule has 0 spiro atoms. The van der Waals surface area contributed by atoms with Gasteiger partial charge in [0.1, 0.15) is 13.1 Å². The van der Waals surface area contributed by atoms with E-state index in [0.29, 0.717) is 6.54 Å². The van der Waals surface area contributed by atoms with E-state index in [1.807, 2.05) is 31.2 Å². The van der Waals surface area contributed by atoms with Crippen LogP contribution in [0.4, 0.5) is 0 Å². The highest BCUT2D eigenvalue weighted by atomic mass is 16.4. The molecule has 0 radical (unpaired) electrons. The third-order valence-electron chi connectivity index (χ3n) is 3.01. The van der Waals surface area contributed by atoms with Crippen molar-refractivity contribution in [3.63, 3.8) is 0 Å². The second kappa shape index (κ2) is 6.18. The molecule has 20 heavy (non-hydrogen) atoms. The van der Waals surface area contributed by atoms with Gasteiger partial charge in [0.15, 0.2) is 0 Å². The minimum absolute atomic E-state index is 0.0563. The number of para-hydroxylation sites is 1. The van der Waals surface area contributed by atoms with Gasteiger partial charge in [0.2, 0.25) is 5.91 Å². The van der Waals surface area contributed by atoms with E-state index < -0.39 is 5.97 Å². The standard InChI is InChI=1S/C14H17N3O3/c1-2-7-16(10-14(19)20)13(18)9-17-12-6-4-3-5-11(12)8-15-17/h3-6,8H,2,7,9-10H2,1H3,(H,19,20). The van der Waals surface area contributed by atoms with E-state index in [1.54, 1.807) is 10.9 Å². The summed E-state index contributed by atoms with van der Waals surface area (Å²) in [5, 5.41) is 14.0. The highest BCUT2D eigenvalue weighted by molar-refractivity contribution is 5.84. The van der Waals surface area contributed by atoms with Crippen LogP contribution in [0.3, 0.4) is 0 Å². The van der Waals surface area contributed by atoms with Crippen molar-refractivity contribution in [2.24, 2.45) is 0 Å². The summed E-state index contributed by atoms with van der Waals surface area (Å²) < 4.78 is 1.60. The second-order valence-corrected chi connectivity index (χ2v) is 4.57. The zero-order chi connectivity index (χ0) is 14.5.